The second-order valence-corrected chi connectivity index (χ2v) is 5.47. The Morgan fingerprint density at radius 3 is 2.61 bits per heavy atom. The number of ether oxygens (including phenoxy) is 1. The van der Waals surface area contributed by atoms with Gasteiger partial charge in [-0.15, -0.1) is 0 Å². The van der Waals surface area contributed by atoms with E-state index in [4.69, 9.17) is 9.84 Å². The van der Waals surface area contributed by atoms with Crippen LogP contribution in [0.25, 0.3) is 0 Å². The number of carbonyl (C=O) groups is 2. The summed E-state index contributed by atoms with van der Waals surface area (Å²) in [6.07, 6.45) is 6.78. The van der Waals surface area contributed by atoms with E-state index in [1.165, 1.54) is 6.42 Å². The van der Waals surface area contributed by atoms with Crippen molar-refractivity contribution in [3.63, 3.8) is 0 Å². The summed E-state index contributed by atoms with van der Waals surface area (Å²) in [4.78, 5) is 22.5. The molecule has 1 aliphatic rings. The summed E-state index contributed by atoms with van der Waals surface area (Å²) in [6.45, 7) is 0. The largest absolute Gasteiger partial charge is 0.480 e. The Hall–Kier alpha value is -0.910. The predicted molar refractivity (Wildman–Crippen MR) is 70.9 cm³/mol. The molecule has 0 bridgehead atoms. The van der Waals surface area contributed by atoms with Crippen molar-refractivity contribution < 1.29 is 19.4 Å². The first-order valence-electron chi connectivity index (χ1n) is 6.32. The third kappa shape index (κ3) is 5.62. The van der Waals surface area contributed by atoms with Crippen molar-refractivity contribution in [3.8, 4) is 0 Å². The van der Waals surface area contributed by atoms with Gasteiger partial charge in [0.2, 0.25) is 0 Å². The van der Waals surface area contributed by atoms with Crippen molar-refractivity contribution in [1.29, 1.82) is 0 Å². The number of carbonyl (C=O) groups excluding carboxylic acids is 1. The number of carboxylic acids is 1. The molecule has 0 aromatic carbocycles. The summed E-state index contributed by atoms with van der Waals surface area (Å²) in [5.74, 6) is -0.314. The van der Waals surface area contributed by atoms with Gasteiger partial charge in [0.05, 0.1) is 0 Å². The molecule has 0 spiro atoms. The highest BCUT2D eigenvalue weighted by molar-refractivity contribution is 7.98. The van der Waals surface area contributed by atoms with Crippen molar-refractivity contribution in [2.24, 2.45) is 0 Å². The van der Waals surface area contributed by atoms with Gasteiger partial charge in [-0.05, 0) is 44.1 Å². The Morgan fingerprint density at radius 1 is 1.39 bits per heavy atom. The number of rotatable bonds is 6. The first-order chi connectivity index (χ1) is 8.63. The maximum atomic E-state index is 11.6. The fourth-order valence-corrected chi connectivity index (χ4v) is 2.48. The van der Waals surface area contributed by atoms with E-state index in [2.05, 4.69) is 5.32 Å². The number of nitrogens with one attached hydrogen (secondary N) is 1. The highest BCUT2D eigenvalue weighted by atomic mass is 32.2. The van der Waals surface area contributed by atoms with Gasteiger partial charge in [0.1, 0.15) is 12.1 Å². The minimum absolute atomic E-state index is 0.0475. The van der Waals surface area contributed by atoms with Crippen LogP contribution in [0.5, 0.6) is 0 Å². The van der Waals surface area contributed by atoms with Gasteiger partial charge in [-0.1, -0.05) is 6.42 Å². The number of hydrogen-bond donors (Lipinski definition) is 2. The smallest absolute Gasteiger partial charge is 0.408 e. The normalized spacial score (nSPS) is 18.1. The molecule has 0 saturated heterocycles. The van der Waals surface area contributed by atoms with E-state index in [0.29, 0.717) is 12.2 Å². The average molecular weight is 275 g/mol. The molecule has 6 heteroatoms. The Labute approximate surface area is 112 Å². The first-order valence-corrected chi connectivity index (χ1v) is 7.71. The summed E-state index contributed by atoms with van der Waals surface area (Å²) >= 11 is 1.55. The monoisotopic (exact) mass is 275 g/mol. The zero-order chi connectivity index (χ0) is 13.4. The molecule has 0 aliphatic heterocycles. The second-order valence-electron chi connectivity index (χ2n) is 4.48. The Morgan fingerprint density at radius 2 is 2.06 bits per heavy atom. The quantitative estimate of drug-likeness (QED) is 0.777. The number of alkyl carbamates (subject to hydrolysis) is 1. The van der Waals surface area contributed by atoms with Crippen molar-refractivity contribution in [3.05, 3.63) is 0 Å². The van der Waals surface area contributed by atoms with Crippen LogP contribution in [0.2, 0.25) is 0 Å². The Bertz CT molecular complexity index is 279. The lowest BCUT2D eigenvalue weighted by Crippen LogP contribution is -2.42. The third-order valence-corrected chi connectivity index (χ3v) is 3.67. The van der Waals surface area contributed by atoms with Crippen molar-refractivity contribution in [2.45, 2.75) is 50.7 Å². The molecular weight excluding hydrogens is 254 g/mol. The summed E-state index contributed by atoms with van der Waals surface area (Å²) < 4.78 is 5.23. The second kappa shape index (κ2) is 8.24. The highest BCUT2D eigenvalue weighted by Crippen LogP contribution is 2.20. The zero-order valence-corrected chi connectivity index (χ0v) is 11.5. The van der Waals surface area contributed by atoms with Gasteiger partial charge in [0.15, 0.2) is 0 Å². The molecule has 0 heterocycles. The molecule has 1 fully saturated rings. The first kappa shape index (κ1) is 15.1. The number of aliphatic carboxylic acids is 1. The van der Waals surface area contributed by atoms with Crippen LogP contribution in [0.3, 0.4) is 0 Å². The molecule has 2 N–H and O–H groups in total. The summed E-state index contributed by atoms with van der Waals surface area (Å²) in [5.41, 5.74) is 0. The molecule has 1 amide bonds. The molecule has 1 aliphatic carbocycles. The molecule has 1 saturated carbocycles. The molecule has 0 aromatic heterocycles. The topological polar surface area (TPSA) is 75.6 Å². The molecule has 0 unspecified atom stereocenters. The van der Waals surface area contributed by atoms with Crippen LogP contribution < -0.4 is 5.32 Å². The fourth-order valence-electron chi connectivity index (χ4n) is 2.00. The van der Waals surface area contributed by atoms with Crippen LogP contribution >= 0.6 is 11.8 Å². The fraction of sp³-hybridized carbons (Fsp3) is 0.833. The lowest BCUT2D eigenvalue weighted by molar-refractivity contribution is -0.139. The van der Waals surface area contributed by atoms with Gasteiger partial charge in [-0.25, -0.2) is 9.59 Å². The lowest BCUT2D eigenvalue weighted by Gasteiger charge is -2.23. The Kier molecular flexibility index (Phi) is 6.93. The summed E-state index contributed by atoms with van der Waals surface area (Å²) in [6, 6.07) is -0.853. The van der Waals surface area contributed by atoms with Gasteiger partial charge in [-0.3, -0.25) is 0 Å². The van der Waals surface area contributed by atoms with E-state index in [9.17, 15) is 9.59 Å². The lowest BCUT2D eigenvalue weighted by atomic mass is 9.98. The highest BCUT2D eigenvalue weighted by Gasteiger charge is 2.23. The number of thioether (sulfide) groups is 1. The minimum atomic E-state index is -1.01. The van der Waals surface area contributed by atoms with E-state index < -0.39 is 18.1 Å². The molecule has 0 aromatic rings. The molecule has 0 radical (unpaired) electrons. The number of carboxylic acid groups (broad SMARTS) is 1. The minimum Gasteiger partial charge on any atom is -0.480 e. The standard InChI is InChI=1S/C12H21NO4S/c1-18-8-7-10(11(14)15)13-12(16)17-9-5-3-2-4-6-9/h9-10H,2-8H2,1H3,(H,13,16)(H,14,15)/t10-/m0/s1. The number of amides is 1. The third-order valence-electron chi connectivity index (χ3n) is 3.03. The van der Waals surface area contributed by atoms with Crippen LogP contribution in [0.1, 0.15) is 38.5 Å². The van der Waals surface area contributed by atoms with E-state index in [1.807, 2.05) is 6.26 Å². The van der Waals surface area contributed by atoms with Crippen molar-refractivity contribution >= 4 is 23.8 Å². The van der Waals surface area contributed by atoms with Gasteiger partial charge < -0.3 is 15.2 Å². The van der Waals surface area contributed by atoms with Crippen molar-refractivity contribution in [2.75, 3.05) is 12.0 Å². The molecule has 104 valence electrons. The van der Waals surface area contributed by atoms with Crippen LogP contribution in [-0.4, -0.2) is 41.3 Å². The van der Waals surface area contributed by atoms with Crippen LogP contribution in [0.4, 0.5) is 4.79 Å². The SMILES string of the molecule is CSCC[C@H](NC(=O)OC1CCCCC1)C(=O)O. The van der Waals surface area contributed by atoms with Gasteiger partial charge in [0, 0.05) is 0 Å². The van der Waals surface area contributed by atoms with Crippen LogP contribution in [-0.2, 0) is 9.53 Å². The zero-order valence-electron chi connectivity index (χ0n) is 10.7. The maximum absolute atomic E-state index is 11.6. The van der Waals surface area contributed by atoms with E-state index in [0.717, 1.165) is 25.7 Å². The van der Waals surface area contributed by atoms with Gasteiger partial charge >= 0.3 is 12.1 Å². The molecule has 18 heavy (non-hydrogen) atoms. The summed E-state index contributed by atoms with van der Waals surface area (Å²) in [7, 11) is 0. The molecule has 1 atom stereocenters. The van der Waals surface area contributed by atoms with Crippen molar-refractivity contribution in [1.82, 2.24) is 5.32 Å². The Balaban J connectivity index is 2.32. The number of hydrogen-bond acceptors (Lipinski definition) is 4. The molecular formula is C12H21NO4S. The van der Waals surface area contributed by atoms with E-state index in [-0.39, 0.29) is 6.10 Å². The van der Waals surface area contributed by atoms with E-state index >= 15 is 0 Å². The average Bonchev–Trinajstić information content (AvgIpc) is 2.35. The predicted octanol–water partition coefficient (Wildman–Crippen LogP) is 2.25. The van der Waals surface area contributed by atoms with Gasteiger partial charge in [-0.2, -0.15) is 11.8 Å². The molecule has 5 nitrogen and oxygen atoms in total. The van der Waals surface area contributed by atoms with E-state index in [1.54, 1.807) is 11.8 Å². The van der Waals surface area contributed by atoms with Gasteiger partial charge in [0.25, 0.3) is 0 Å². The summed E-state index contributed by atoms with van der Waals surface area (Å²) in [5, 5.41) is 11.4. The van der Waals surface area contributed by atoms with Crippen LogP contribution in [0, 0.1) is 0 Å². The van der Waals surface area contributed by atoms with Crippen LogP contribution in [0.15, 0.2) is 0 Å². The maximum Gasteiger partial charge on any atom is 0.408 e. The molecule has 1 rings (SSSR count).